The van der Waals surface area contributed by atoms with Crippen LogP contribution in [0.5, 0.6) is 0 Å². The maximum absolute atomic E-state index is 10.1. The minimum Gasteiger partial charge on any atom is -0.480 e. The van der Waals surface area contributed by atoms with Gasteiger partial charge in [0.15, 0.2) is 0 Å². The van der Waals surface area contributed by atoms with Gasteiger partial charge >= 0.3 is 5.97 Å². The van der Waals surface area contributed by atoms with Gasteiger partial charge in [-0.25, -0.2) is 0 Å². The van der Waals surface area contributed by atoms with Crippen LogP contribution in [0.3, 0.4) is 0 Å². The van der Waals surface area contributed by atoms with E-state index < -0.39 is 5.97 Å². The van der Waals surface area contributed by atoms with Crippen LogP contribution in [0.25, 0.3) is 0 Å². The molecular formula is C5H11NO3. The molecule has 4 heteroatoms. The van der Waals surface area contributed by atoms with Crippen LogP contribution >= 0.6 is 0 Å². The van der Waals surface area contributed by atoms with E-state index >= 15 is 0 Å². The molecule has 1 saturated heterocycles. The van der Waals surface area contributed by atoms with E-state index in [0.717, 1.165) is 19.4 Å². The second-order valence-electron chi connectivity index (χ2n) is 1.99. The monoisotopic (exact) mass is 133 g/mol. The molecule has 0 amide bonds. The van der Waals surface area contributed by atoms with Gasteiger partial charge in [-0.05, 0) is 19.4 Å². The van der Waals surface area contributed by atoms with Gasteiger partial charge in [-0.1, -0.05) is 0 Å². The van der Waals surface area contributed by atoms with E-state index in [0.29, 0.717) is 0 Å². The van der Waals surface area contributed by atoms with Crippen molar-refractivity contribution in [1.29, 1.82) is 0 Å². The molecule has 0 bridgehead atoms. The highest BCUT2D eigenvalue weighted by atomic mass is 16.4. The van der Waals surface area contributed by atoms with Crippen molar-refractivity contribution in [2.45, 2.75) is 18.9 Å². The molecule has 4 nitrogen and oxygen atoms in total. The second kappa shape index (κ2) is 3.42. The Kier molecular flexibility index (Phi) is 3.19. The van der Waals surface area contributed by atoms with E-state index in [1.54, 1.807) is 0 Å². The summed E-state index contributed by atoms with van der Waals surface area (Å²) in [5.41, 5.74) is 0. The van der Waals surface area contributed by atoms with E-state index in [9.17, 15) is 4.79 Å². The Morgan fingerprint density at radius 3 is 2.56 bits per heavy atom. The number of carboxylic acids is 1. The lowest BCUT2D eigenvalue weighted by Gasteiger charge is -1.99. The smallest absolute Gasteiger partial charge is 0.320 e. The zero-order valence-electron chi connectivity index (χ0n) is 5.05. The van der Waals surface area contributed by atoms with Crippen LogP contribution in [-0.2, 0) is 4.79 Å². The third kappa shape index (κ3) is 1.99. The van der Waals surface area contributed by atoms with Gasteiger partial charge in [0.25, 0.3) is 0 Å². The third-order valence-corrected chi connectivity index (χ3v) is 1.36. The summed E-state index contributed by atoms with van der Waals surface area (Å²) < 4.78 is 0. The minimum absolute atomic E-state index is 0. The van der Waals surface area contributed by atoms with Gasteiger partial charge in [0, 0.05) is 0 Å². The molecule has 1 aliphatic rings. The van der Waals surface area contributed by atoms with Crippen molar-refractivity contribution < 1.29 is 15.4 Å². The molecule has 1 heterocycles. The molecule has 1 rings (SSSR count). The summed E-state index contributed by atoms with van der Waals surface area (Å²) in [4.78, 5) is 10.1. The molecule has 0 aromatic heterocycles. The van der Waals surface area contributed by atoms with E-state index in [-0.39, 0.29) is 11.5 Å². The first-order valence-corrected chi connectivity index (χ1v) is 2.77. The van der Waals surface area contributed by atoms with Crippen molar-refractivity contribution in [1.82, 2.24) is 5.32 Å². The predicted octanol–water partition coefficient (Wildman–Crippen LogP) is -1.00. The number of nitrogens with one attached hydrogen (secondary N) is 1. The van der Waals surface area contributed by atoms with Crippen molar-refractivity contribution in [2.24, 2.45) is 0 Å². The Hall–Kier alpha value is -0.610. The Balaban J connectivity index is 0.000000640. The molecule has 0 saturated carbocycles. The van der Waals surface area contributed by atoms with Crippen LogP contribution in [-0.4, -0.2) is 29.1 Å². The van der Waals surface area contributed by atoms with Crippen LogP contribution in [0.2, 0.25) is 0 Å². The molecule has 4 N–H and O–H groups in total. The molecule has 54 valence electrons. The maximum atomic E-state index is 10.1. The first-order chi connectivity index (χ1) is 3.80. The van der Waals surface area contributed by atoms with Crippen molar-refractivity contribution in [3.05, 3.63) is 0 Å². The molecule has 1 atom stereocenters. The van der Waals surface area contributed by atoms with E-state index in [2.05, 4.69) is 5.32 Å². The van der Waals surface area contributed by atoms with E-state index in [4.69, 9.17) is 5.11 Å². The molecule has 0 aliphatic carbocycles. The number of hydrogen-bond donors (Lipinski definition) is 2. The Bertz CT molecular complexity index is 98.4. The Labute approximate surface area is 53.2 Å². The summed E-state index contributed by atoms with van der Waals surface area (Å²) in [6.45, 7) is 0.858. The molecule has 9 heavy (non-hydrogen) atoms. The van der Waals surface area contributed by atoms with Gasteiger partial charge in [-0.3, -0.25) is 4.79 Å². The molecule has 0 unspecified atom stereocenters. The summed E-state index contributed by atoms with van der Waals surface area (Å²) in [6.07, 6.45) is 1.78. The van der Waals surface area contributed by atoms with Crippen molar-refractivity contribution in [3.8, 4) is 0 Å². The minimum atomic E-state index is -0.720. The van der Waals surface area contributed by atoms with E-state index in [1.807, 2.05) is 0 Å². The highest BCUT2D eigenvalue weighted by molar-refractivity contribution is 5.73. The maximum Gasteiger partial charge on any atom is 0.320 e. The fourth-order valence-corrected chi connectivity index (χ4v) is 0.895. The lowest BCUT2D eigenvalue weighted by atomic mass is 10.2. The van der Waals surface area contributed by atoms with Crippen LogP contribution in [0.4, 0.5) is 0 Å². The first-order valence-electron chi connectivity index (χ1n) is 2.77. The molecule has 1 aliphatic heterocycles. The number of rotatable bonds is 1. The summed E-state index contributed by atoms with van der Waals surface area (Å²) in [5, 5.41) is 11.2. The summed E-state index contributed by atoms with van der Waals surface area (Å²) >= 11 is 0. The molecule has 0 spiro atoms. The van der Waals surface area contributed by atoms with Gasteiger partial charge in [-0.15, -0.1) is 0 Å². The molecule has 0 aromatic carbocycles. The van der Waals surface area contributed by atoms with Gasteiger partial charge in [0.05, 0.1) is 0 Å². The highest BCUT2D eigenvalue weighted by Crippen LogP contribution is 2.03. The third-order valence-electron chi connectivity index (χ3n) is 1.36. The molecule has 1 fully saturated rings. The van der Waals surface area contributed by atoms with Gasteiger partial charge in [-0.2, -0.15) is 0 Å². The largest absolute Gasteiger partial charge is 0.480 e. The average Bonchev–Trinajstić information content (AvgIpc) is 2.12. The average molecular weight is 133 g/mol. The zero-order chi connectivity index (χ0) is 5.98. The standard InChI is InChI=1S/C5H9NO2.H2O/c7-5(8)4-2-1-3-6-4;/h4,6H,1-3H2,(H,7,8);1H2/t4-;/m1./s1. The first kappa shape index (κ1) is 8.39. The Morgan fingerprint density at radius 1 is 1.67 bits per heavy atom. The van der Waals surface area contributed by atoms with Gasteiger partial charge < -0.3 is 15.9 Å². The van der Waals surface area contributed by atoms with Crippen LogP contribution < -0.4 is 5.32 Å². The molecule has 0 radical (unpaired) electrons. The van der Waals surface area contributed by atoms with Gasteiger partial charge in [0.1, 0.15) is 6.04 Å². The summed E-state index contributed by atoms with van der Waals surface area (Å²) in [6, 6.07) is -0.269. The number of carbonyl (C=O) groups is 1. The number of hydrogen-bond acceptors (Lipinski definition) is 2. The van der Waals surface area contributed by atoms with Crippen LogP contribution in [0.1, 0.15) is 12.8 Å². The van der Waals surface area contributed by atoms with Crippen molar-refractivity contribution >= 4 is 5.97 Å². The molecular weight excluding hydrogens is 122 g/mol. The molecule has 0 aromatic rings. The van der Waals surface area contributed by atoms with Crippen LogP contribution in [0.15, 0.2) is 0 Å². The highest BCUT2D eigenvalue weighted by Gasteiger charge is 2.20. The summed E-state index contributed by atoms with van der Waals surface area (Å²) in [7, 11) is 0. The van der Waals surface area contributed by atoms with Crippen molar-refractivity contribution in [3.63, 3.8) is 0 Å². The van der Waals surface area contributed by atoms with Crippen LogP contribution in [0, 0.1) is 0 Å². The fraction of sp³-hybridized carbons (Fsp3) is 0.800. The number of aliphatic carboxylic acids is 1. The summed E-state index contributed by atoms with van der Waals surface area (Å²) in [5.74, 6) is -0.720. The Morgan fingerprint density at radius 2 is 2.33 bits per heavy atom. The zero-order valence-corrected chi connectivity index (χ0v) is 5.05. The quantitative estimate of drug-likeness (QED) is 0.481. The van der Waals surface area contributed by atoms with Gasteiger partial charge in [0.2, 0.25) is 0 Å². The fourth-order valence-electron chi connectivity index (χ4n) is 0.895. The predicted molar refractivity (Wildman–Crippen MR) is 32.3 cm³/mol. The SMILES string of the molecule is O.O=C(O)[C@H]1CCCN1. The lowest BCUT2D eigenvalue weighted by molar-refractivity contribution is -0.139. The normalized spacial score (nSPS) is 25.1. The number of carboxylic acid groups (broad SMARTS) is 1. The topological polar surface area (TPSA) is 80.8 Å². The second-order valence-corrected chi connectivity index (χ2v) is 1.99. The van der Waals surface area contributed by atoms with Crippen molar-refractivity contribution in [2.75, 3.05) is 6.54 Å². The lowest BCUT2D eigenvalue weighted by Crippen LogP contribution is -2.29. The van der Waals surface area contributed by atoms with E-state index in [1.165, 1.54) is 0 Å².